The highest BCUT2D eigenvalue weighted by Crippen LogP contribution is 2.33. The van der Waals surface area contributed by atoms with Gasteiger partial charge < -0.3 is 34.0 Å². The molecular weight excluding hydrogens is 785 g/mol. The molecule has 17 heteroatoms. The molecule has 17 nitrogen and oxygen atoms in total. The quantitative estimate of drug-likeness (QED) is 0.0550. The van der Waals surface area contributed by atoms with E-state index in [1.807, 2.05) is 0 Å². The fraction of sp³-hybridized carbons (Fsp3) is 0.227. The molecule has 0 N–H and O–H groups in total. The predicted octanol–water partition coefficient (Wildman–Crippen LogP) is 6.76. The van der Waals surface area contributed by atoms with Crippen molar-refractivity contribution in [3.63, 3.8) is 0 Å². The van der Waals surface area contributed by atoms with Crippen LogP contribution < -0.4 is 19.3 Å². The Kier molecular flexibility index (Phi) is 11.0. The minimum Gasteiger partial charge on any atom is -0.594 e. The van der Waals surface area contributed by atoms with E-state index in [1.54, 1.807) is 135 Å². The molecule has 0 spiro atoms. The number of fused-ring (bicyclic) bond motifs is 2. The third-order valence-electron chi connectivity index (χ3n) is 10.4. The van der Waals surface area contributed by atoms with E-state index in [-0.39, 0.29) is 66.6 Å². The number of ether oxygens (including phenoxy) is 4. The van der Waals surface area contributed by atoms with E-state index in [0.29, 0.717) is 68.8 Å². The number of hydrogen-bond donors (Lipinski definition) is 0. The van der Waals surface area contributed by atoms with E-state index in [0.717, 1.165) is 0 Å². The van der Waals surface area contributed by atoms with Gasteiger partial charge in [0.25, 0.3) is 11.8 Å². The molecule has 6 aromatic rings. The van der Waals surface area contributed by atoms with Crippen LogP contribution in [0.2, 0.25) is 0 Å². The number of aromatic nitrogens is 4. The first kappa shape index (κ1) is 40.0. The first-order chi connectivity index (χ1) is 29.6. The van der Waals surface area contributed by atoms with Crippen LogP contribution >= 0.6 is 0 Å². The number of carbonyl (C=O) groups excluding carboxylic acids is 4. The molecule has 0 fully saturated rings. The van der Waals surface area contributed by atoms with Gasteiger partial charge in [-0.25, -0.2) is 19.0 Å². The van der Waals surface area contributed by atoms with Crippen molar-refractivity contribution in [2.24, 2.45) is 5.11 Å². The Bertz CT molecular complexity index is 2670. The van der Waals surface area contributed by atoms with Crippen molar-refractivity contribution in [3.05, 3.63) is 136 Å². The lowest BCUT2D eigenvalue weighted by atomic mass is 10.0. The third-order valence-corrected chi connectivity index (χ3v) is 10.4. The van der Waals surface area contributed by atoms with Crippen molar-refractivity contribution >= 4 is 46.5 Å². The maximum absolute atomic E-state index is 14.1. The van der Waals surface area contributed by atoms with Crippen LogP contribution in [-0.2, 0) is 22.3 Å². The van der Waals surface area contributed by atoms with E-state index < -0.39 is 11.9 Å². The SMILES string of the molecule is CCOC(=O)c1nn(-c2ccc(OC)cc2)c2c1CCN(c1ccc(/N=[N+](\[O-])c3ccc(N4CCc5c(C(=O)OCC)nn(-c6ccc(OC)cc6)c5C4=O)cc3)cc1)C2=O. The summed E-state index contributed by atoms with van der Waals surface area (Å²) in [6, 6.07) is 27.0. The fourth-order valence-electron chi connectivity index (χ4n) is 7.38. The second kappa shape index (κ2) is 16.8. The summed E-state index contributed by atoms with van der Waals surface area (Å²) in [5, 5.41) is 26.5. The zero-order valence-corrected chi connectivity index (χ0v) is 33.7. The fourth-order valence-corrected chi connectivity index (χ4v) is 7.38. The minimum absolute atomic E-state index is 0.0890. The molecule has 61 heavy (non-hydrogen) atoms. The molecule has 0 saturated heterocycles. The summed E-state index contributed by atoms with van der Waals surface area (Å²) in [6.07, 6.45) is 0.699. The first-order valence-corrected chi connectivity index (χ1v) is 19.5. The van der Waals surface area contributed by atoms with Crippen molar-refractivity contribution in [2.45, 2.75) is 26.7 Å². The Hall–Kier alpha value is -7.82. The normalized spacial score (nSPS) is 13.7. The summed E-state index contributed by atoms with van der Waals surface area (Å²) in [5.74, 6) is -0.694. The molecule has 2 amide bonds. The zero-order chi connectivity index (χ0) is 42.8. The van der Waals surface area contributed by atoms with Gasteiger partial charge in [-0.05, 0) is 112 Å². The van der Waals surface area contributed by atoms with E-state index in [2.05, 4.69) is 15.3 Å². The Morgan fingerprint density at radius 3 is 1.41 bits per heavy atom. The highest BCUT2D eigenvalue weighted by atomic mass is 16.5. The van der Waals surface area contributed by atoms with Crippen LogP contribution in [0.5, 0.6) is 11.5 Å². The highest BCUT2D eigenvalue weighted by Gasteiger charge is 2.37. The molecule has 2 aromatic heterocycles. The first-order valence-electron chi connectivity index (χ1n) is 19.5. The van der Waals surface area contributed by atoms with E-state index in [1.165, 1.54) is 9.36 Å². The number of hydrogen-bond acceptors (Lipinski definition) is 12. The Morgan fingerprint density at radius 1 is 0.623 bits per heavy atom. The number of nitrogens with zero attached hydrogens (tertiary/aromatic N) is 8. The summed E-state index contributed by atoms with van der Waals surface area (Å²) in [7, 11) is 3.11. The van der Waals surface area contributed by atoms with Gasteiger partial charge >= 0.3 is 11.9 Å². The van der Waals surface area contributed by atoms with Gasteiger partial charge in [0, 0.05) is 52.8 Å². The maximum Gasteiger partial charge on any atom is 0.359 e. The molecule has 2 aliphatic heterocycles. The number of amides is 2. The lowest BCUT2D eigenvalue weighted by Gasteiger charge is -2.27. The Balaban J connectivity index is 1.01. The number of benzene rings is 4. The average molecular weight is 825 g/mol. The lowest BCUT2D eigenvalue weighted by molar-refractivity contribution is -0.435. The van der Waals surface area contributed by atoms with Gasteiger partial charge in [0.15, 0.2) is 11.4 Å². The van der Waals surface area contributed by atoms with Gasteiger partial charge in [-0.3, -0.25) is 9.59 Å². The summed E-state index contributed by atoms with van der Waals surface area (Å²) < 4.78 is 24.0. The maximum atomic E-state index is 14.1. The average Bonchev–Trinajstić information content (AvgIpc) is 3.88. The monoisotopic (exact) mass is 824 g/mol. The summed E-state index contributed by atoms with van der Waals surface area (Å²) >= 11 is 0. The molecule has 0 aliphatic carbocycles. The molecule has 0 radical (unpaired) electrons. The topological polar surface area (TPSA) is 186 Å². The van der Waals surface area contributed by atoms with Crippen molar-refractivity contribution in [1.82, 2.24) is 19.6 Å². The van der Waals surface area contributed by atoms with Gasteiger partial charge in [-0.2, -0.15) is 10.2 Å². The summed E-state index contributed by atoms with van der Waals surface area (Å²) in [6.45, 7) is 4.27. The molecule has 4 heterocycles. The second-order valence-electron chi connectivity index (χ2n) is 13.8. The molecule has 4 aromatic carbocycles. The number of azo groups is 1. The smallest absolute Gasteiger partial charge is 0.359 e. The van der Waals surface area contributed by atoms with Gasteiger partial charge in [0.2, 0.25) is 5.69 Å². The standard InChI is InChI=1S/C44H40N8O9/c1-5-60-43(55)37-35-23-25-48(41(53)39(35)50(46-37)30-15-19-33(58-3)20-16-30)28-9-7-27(8-10-28)45-52(57)32-13-11-29(12-14-32)49-26-24-36-38(44(56)61-6-2)47-51(40(36)42(49)54)31-17-21-34(59-4)22-18-31/h7-22H,5-6,23-26H2,1-4H3/b52-45-. The van der Waals surface area contributed by atoms with Gasteiger partial charge in [-0.1, -0.05) is 4.86 Å². The van der Waals surface area contributed by atoms with Crippen molar-refractivity contribution in [1.29, 1.82) is 0 Å². The molecule has 8 rings (SSSR count). The van der Waals surface area contributed by atoms with Crippen molar-refractivity contribution in [3.8, 4) is 22.9 Å². The molecule has 2 aliphatic rings. The Labute approximate surface area is 349 Å². The van der Waals surface area contributed by atoms with Gasteiger partial charge in [0.05, 0.1) is 38.8 Å². The number of anilines is 2. The van der Waals surface area contributed by atoms with Crippen LogP contribution in [0.4, 0.5) is 22.7 Å². The van der Waals surface area contributed by atoms with Gasteiger partial charge in [-0.15, -0.1) is 0 Å². The van der Waals surface area contributed by atoms with Crippen LogP contribution in [0, 0.1) is 5.21 Å². The summed E-state index contributed by atoms with van der Waals surface area (Å²) in [4.78, 5) is 57.6. The van der Waals surface area contributed by atoms with E-state index in [4.69, 9.17) is 18.9 Å². The van der Waals surface area contributed by atoms with E-state index >= 15 is 0 Å². The number of methoxy groups -OCH3 is 2. The van der Waals surface area contributed by atoms with Crippen LogP contribution in [0.25, 0.3) is 11.4 Å². The van der Waals surface area contributed by atoms with Gasteiger partial charge in [0.1, 0.15) is 28.6 Å². The number of rotatable bonds is 12. The molecule has 0 bridgehead atoms. The number of esters is 2. The molecular formula is C44H40N8O9. The van der Waals surface area contributed by atoms with Crippen LogP contribution in [0.1, 0.15) is 66.9 Å². The zero-order valence-electron chi connectivity index (χ0n) is 33.7. The summed E-state index contributed by atoms with van der Waals surface area (Å²) in [5.41, 5.74) is 4.46. The molecule has 0 atom stereocenters. The van der Waals surface area contributed by atoms with Crippen LogP contribution in [-0.4, -0.2) is 88.7 Å². The van der Waals surface area contributed by atoms with Crippen LogP contribution in [0.3, 0.4) is 0 Å². The van der Waals surface area contributed by atoms with Crippen molar-refractivity contribution < 1.29 is 43.0 Å². The molecule has 310 valence electrons. The lowest BCUT2D eigenvalue weighted by Crippen LogP contribution is -2.39. The third kappa shape index (κ3) is 7.52. The van der Waals surface area contributed by atoms with E-state index in [9.17, 15) is 24.4 Å². The van der Waals surface area contributed by atoms with Crippen LogP contribution in [0.15, 0.2) is 102 Å². The number of carbonyl (C=O) groups is 4. The van der Waals surface area contributed by atoms with Crippen molar-refractivity contribution in [2.75, 3.05) is 50.3 Å². The highest BCUT2D eigenvalue weighted by molar-refractivity contribution is 6.10. The minimum atomic E-state index is -0.607. The predicted molar refractivity (Wildman–Crippen MR) is 221 cm³/mol. The Morgan fingerprint density at radius 2 is 1.02 bits per heavy atom. The molecule has 0 unspecified atom stereocenters. The molecule has 0 saturated carbocycles. The second-order valence-corrected chi connectivity index (χ2v) is 13.8. The largest absolute Gasteiger partial charge is 0.594 e.